The Morgan fingerprint density at radius 2 is 1.65 bits per heavy atom. The van der Waals surface area contributed by atoms with Gasteiger partial charge in [0, 0.05) is 6.07 Å². The Labute approximate surface area is 214 Å². The quantitative estimate of drug-likeness (QED) is 0.450. The lowest BCUT2D eigenvalue weighted by molar-refractivity contribution is -0.120. The number of hydrogen-bond acceptors (Lipinski definition) is 7. The predicted octanol–water partition coefficient (Wildman–Crippen LogP) is 3.69. The first kappa shape index (κ1) is 26.1. The number of carbonyl (C=O) groups is 1. The highest BCUT2D eigenvalue weighted by atomic mass is 32.2. The van der Waals surface area contributed by atoms with E-state index in [2.05, 4.69) is 5.32 Å². The molecule has 1 N–H and O–H groups in total. The highest BCUT2D eigenvalue weighted by Gasteiger charge is 2.29. The second kappa shape index (κ2) is 11.0. The third-order valence-electron chi connectivity index (χ3n) is 5.79. The lowest BCUT2D eigenvalue weighted by Gasteiger charge is -2.26. The van der Waals surface area contributed by atoms with Crippen LogP contribution in [0.15, 0.2) is 65.6 Å². The maximum absolute atomic E-state index is 13.7. The molecular formula is C26H27FN2O7S. The number of fused-ring (bicyclic) bond motifs is 1. The van der Waals surface area contributed by atoms with E-state index in [-0.39, 0.29) is 16.3 Å². The van der Waals surface area contributed by atoms with Gasteiger partial charge < -0.3 is 24.3 Å². The summed E-state index contributed by atoms with van der Waals surface area (Å²) in [5, 5.41) is 2.82. The second-order valence-electron chi connectivity index (χ2n) is 8.20. The van der Waals surface area contributed by atoms with Gasteiger partial charge in [0.15, 0.2) is 23.0 Å². The summed E-state index contributed by atoms with van der Waals surface area (Å²) in [6, 6.07) is 13.8. The van der Waals surface area contributed by atoms with E-state index >= 15 is 0 Å². The molecule has 0 saturated carbocycles. The first-order valence-corrected chi connectivity index (χ1v) is 12.9. The molecule has 0 spiro atoms. The molecule has 0 unspecified atom stereocenters. The molecule has 11 heteroatoms. The van der Waals surface area contributed by atoms with Crippen LogP contribution in [-0.4, -0.2) is 48.3 Å². The summed E-state index contributed by atoms with van der Waals surface area (Å²) >= 11 is 0. The molecule has 1 heterocycles. The molecule has 1 amide bonds. The Kier molecular flexibility index (Phi) is 7.72. The molecular weight excluding hydrogens is 503 g/mol. The van der Waals surface area contributed by atoms with E-state index in [4.69, 9.17) is 18.9 Å². The van der Waals surface area contributed by atoms with Crippen LogP contribution in [0, 0.1) is 5.82 Å². The van der Waals surface area contributed by atoms with E-state index in [0.29, 0.717) is 30.5 Å². The van der Waals surface area contributed by atoms with Crippen LogP contribution < -0.4 is 28.6 Å². The van der Waals surface area contributed by atoms with Crippen molar-refractivity contribution >= 4 is 21.6 Å². The first-order chi connectivity index (χ1) is 17.7. The van der Waals surface area contributed by atoms with E-state index in [1.165, 1.54) is 44.6 Å². The maximum Gasteiger partial charge on any atom is 0.264 e. The summed E-state index contributed by atoms with van der Waals surface area (Å²) in [7, 11) is -1.43. The van der Waals surface area contributed by atoms with Gasteiger partial charge in [-0.15, -0.1) is 0 Å². The van der Waals surface area contributed by atoms with Crippen molar-refractivity contribution in [3.8, 4) is 23.0 Å². The molecule has 0 bridgehead atoms. The molecule has 1 aliphatic rings. The van der Waals surface area contributed by atoms with Gasteiger partial charge in [-0.25, -0.2) is 12.8 Å². The Balaban J connectivity index is 1.60. The Morgan fingerprint density at radius 1 is 0.973 bits per heavy atom. The van der Waals surface area contributed by atoms with Crippen molar-refractivity contribution in [3.05, 3.63) is 72.0 Å². The van der Waals surface area contributed by atoms with Crippen molar-refractivity contribution in [2.24, 2.45) is 0 Å². The maximum atomic E-state index is 13.7. The zero-order chi connectivity index (χ0) is 26.6. The molecule has 1 aliphatic heterocycles. The van der Waals surface area contributed by atoms with Gasteiger partial charge in [-0.3, -0.25) is 9.10 Å². The molecule has 0 radical (unpaired) electrons. The number of ether oxygens (including phenoxy) is 4. The minimum atomic E-state index is -4.25. The number of anilines is 1. The van der Waals surface area contributed by atoms with E-state index in [1.807, 2.05) is 0 Å². The largest absolute Gasteiger partial charge is 0.493 e. The summed E-state index contributed by atoms with van der Waals surface area (Å²) in [6.07, 6.45) is 0. The topological polar surface area (TPSA) is 103 Å². The van der Waals surface area contributed by atoms with E-state index < -0.39 is 34.3 Å². The summed E-state index contributed by atoms with van der Waals surface area (Å²) in [5.74, 6) is 0.658. The average molecular weight is 531 g/mol. The average Bonchev–Trinajstić information content (AvgIpc) is 2.91. The molecule has 196 valence electrons. The Bertz CT molecular complexity index is 1380. The van der Waals surface area contributed by atoms with E-state index in [9.17, 15) is 17.6 Å². The van der Waals surface area contributed by atoms with Crippen LogP contribution in [0.5, 0.6) is 23.0 Å². The van der Waals surface area contributed by atoms with Gasteiger partial charge in [-0.1, -0.05) is 6.07 Å². The zero-order valence-electron chi connectivity index (χ0n) is 20.6. The Hall–Kier alpha value is -3.99. The monoisotopic (exact) mass is 530 g/mol. The van der Waals surface area contributed by atoms with Crippen molar-refractivity contribution in [2.75, 3.05) is 38.3 Å². The molecule has 3 aromatic carbocycles. The number of methoxy groups -OCH3 is 2. The van der Waals surface area contributed by atoms with Crippen molar-refractivity contribution in [3.63, 3.8) is 0 Å². The smallest absolute Gasteiger partial charge is 0.264 e. The van der Waals surface area contributed by atoms with Crippen LogP contribution >= 0.6 is 0 Å². The van der Waals surface area contributed by atoms with Crippen molar-refractivity contribution in [1.82, 2.24) is 5.32 Å². The molecule has 0 aromatic heterocycles. The predicted molar refractivity (Wildman–Crippen MR) is 134 cm³/mol. The first-order valence-electron chi connectivity index (χ1n) is 11.4. The fraction of sp³-hybridized carbons (Fsp3) is 0.269. The molecule has 9 nitrogen and oxygen atoms in total. The van der Waals surface area contributed by atoms with Gasteiger partial charge in [0.25, 0.3) is 10.0 Å². The fourth-order valence-electron chi connectivity index (χ4n) is 3.86. The number of nitrogens with zero attached hydrogens (tertiary/aromatic N) is 1. The number of nitrogens with one attached hydrogen (secondary N) is 1. The van der Waals surface area contributed by atoms with Crippen LogP contribution in [0.3, 0.4) is 0 Å². The molecule has 0 fully saturated rings. The van der Waals surface area contributed by atoms with Gasteiger partial charge in [0.1, 0.15) is 25.6 Å². The highest BCUT2D eigenvalue weighted by Crippen LogP contribution is 2.34. The van der Waals surface area contributed by atoms with Gasteiger partial charge in [-0.05, 0) is 61.0 Å². The molecule has 4 rings (SSSR count). The van der Waals surface area contributed by atoms with Crippen molar-refractivity contribution in [1.29, 1.82) is 0 Å². The summed E-state index contributed by atoms with van der Waals surface area (Å²) < 4.78 is 63.4. The van der Waals surface area contributed by atoms with Crippen LogP contribution in [-0.2, 0) is 14.8 Å². The molecule has 3 aromatic rings. The number of carbonyl (C=O) groups excluding carboxylic acids is 1. The minimum absolute atomic E-state index is 0.123. The summed E-state index contributed by atoms with van der Waals surface area (Å²) in [6.45, 7) is 2.12. The standard InChI is InChI=1S/C26H27FN2O7S/c1-17(18-4-10-23-25(14-18)36-13-12-35-23)28-26(30)16-29(20-7-5-19(27)6-8-20)37(31,32)21-9-11-22(33-2)24(15-21)34-3/h4-11,14-15,17H,12-13,16H2,1-3H3,(H,28,30)/t17-/m1/s1. The van der Waals surface area contributed by atoms with Crippen LogP contribution in [0.2, 0.25) is 0 Å². The third kappa shape index (κ3) is 5.72. The molecule has 0 aliphatic carbocycles. The summed E-state index contributed by atoms with van der Waals surface area (Å²) in [4.78, 5) is 13.0. The second-order valence-corrected chi connectivity index (χ2v) is 10.1. The van der Waals surface area contributed by atoms with Gasteiger partial charge in [0.05, 0.1) is 30.8 Å². The van der Waals surface area contributed by atoms with Crippen molar-refractivity contribution in [2.45, 2.75) is 17.9 Å². The normalized spacial score (nSPS) is 13.4. The number of sulfonamides is 1. The molecule has 37 heavy (non-hydrogen) atoms. The number of hydrogen-bond donors (Lipinski definition) is 1. The highest BCUT2D eigenvalue weighted by molar-refractivity contribution is 7.92. The van der Waals surface area contributed by atoms with Gasteiger partial charge >= 0.3 is 0 Å². The molecule has 0 saturated heterocycles. The van der Waals surface area contributed by atoms with E-state index in [0.717, 1.165) is 22.0 Å². The Morgan fingerprint density at radius 3 is 2.32 bits per heavy atom. The lowest BCUT2D eigenvalue weighted by Crippen LogP contribution is -2.41. The van der Waals surface area contributed by atoms with Crippen LogP contribution in [0.25, 0.3) is 0 Å². The third-order valence-corrected chi connectivity index (χ3v) is 7.56. The van der Waals surface area contributed by atoms with Gasteiger partial charge in [-0.2, -0.15) is 0 Å². The lowest BCUT2D eigenvalue weighted by atomic mass is 10.1. The van der Waals surface area contributed by atoms with Crippen molar-refractivity contribution < 1.29 is 36.6 Å². The van der Waals surface area contributed by atoms with Crippen LogP contribution in [0.4, 0.5) is 10.1 Å². The van der Waals surface area contributed by atoms with Gasteiger partial charge in [0.2, 0.25) is 5.91 Å². The molecule has 1 atom stereocenters. The number of rotatable bonds is 9. The fourth-order valence-corrected chi connectivity index (χ4v) is 5.29. The summed E-state index contributed by atoms with van der Waals surface area (Å²) in [5.41, 5.74) is 0.881. The number of halogens is 1. The van der Waals surface area contributed by atoms with E-state index in [1.54, 1.807) is 25.1 Å². The number of benzene rings is 3. The SMILES string of the molecule is COc1ccc(S(=O)(=O)N(CC(=O)N[C@H](C)c2ccc3c(c2)OCCO3)c2ccc(F)cc2)cc1OC. The zero-order valence-corrected chi connectivity index (χ0v) is 21.4. The number of amides is 1. The minimum Gasteiger partial charge on any atom is -0.493 e. The van der Waals surface area contributed by atoms with Crippen LogP contribution in [0.1, 0.15) is 18.5 Å².